The molecule has 2 aromatic carbocycles. The van der Waals surface area contributed by atoms with E-state index < -0.39 is 0 Å². The highest BCUT2D eigenvalue weighted by Gasteiger charge is 2.42. The highest BCUT2D eigenvalue weighted by atomic mass is 79.9. The molecule has 1 saturated carbocycles. The van der Waals surface area contributed by atoms with Crippen LogP contribution in [-0.2, 0) is 14.3 Å². The van der Waals surface area contributed by atoms with Crippen LogP contribution in [0.5, 0.6) is 11.5 Å². The first-order valence-corrected chi connectivity index (χ1v) is 12.9. The number of halogens is 1. The number of morpholine rings is 1. The minimum Gasteiger partial charge on any atom is -0.486 e. The summed E-state index contributed by atoms with van der Waals surface area (Å²) in [6.45, 7) is 2.96. The van der Waals surface area contributed by atoms with Crippen LogP contribution in [0.2, 0.25) is 0 Å². The fourth-order valence-corrected chi connectivity index (χ4v) is 5.35. The van der Waals surface area contributed by atoms with E-state index in [4.69, 9.17) is 14.2 Å². The molecule has 2 amide bonds. The molecule has 0 spiro atoms. The molecule has 2 heterocycles. The zero-order valence-electron chi connectivity index (χ0n) is 19.7. The van der Waals surface area contributed by atoms with E-state index in [9.17, 15) is 9.59 Å². The average Bonchev–Trinajstić information content (AvgIpc) is 2.87. The van der Waals surface area contributed by atoms with Crippen LogP contribution < -0.4 is 14.8 Å². The molecule has 0 aromatic heterocycles. The maximum Gasteiger partial charge on any atom is 0.289 e. The number of benzene rings is 2. The number of ether oxygens (including phenoxy) is 3. The van der Waals surface area contributed by atoms with E-state index >= 15 is 0 Å². The summed E-state index contributed by atoms with van der Waals surface area (Å²) in [6, 6.07) is 13.0. The zero-order chi connectivity index (χ0) is 24.4. The summed E-state index contributed by atoms with van der Waals surface area (Å²) in [5.74, 6) is 1.24. The van der Waals surface area contributed by atoms with E-state index in [1.54, 1.807) is 11.0 Å². The van der Waals surface area contributed by atoms with Gasteiger partial charge in [0, 0.05) is 4.47 Å². The molecule has 1 N–H and O–H groups in total. The van der Waals surface area contributed by atoms with Crippen molar-refractivity contribution in [3.8, 4) is 11.5 Å². The molecule has 0 bridgehead atoms. The molecule has 1 saturated heterocycles. The number of carbonyl (C=O) groups is 2. The first-order chi connectivity index (χ1) is 17.0. The SMILES string of the molecule is CC(NC(=O)CN1C(=O)/C(=C\c2ccccc2Br)OC2CCCCC21)c1ccc2c(c1)OCCO2. The largest absolute Gasteiger partial charge is 0.486 e. The molecule has 8 heteroatoms. The zero-order valence-corrected chi connectivity index (χ0v) is 21.3. The van der Waals surface area contributed by atoms with Crippen molar-refractivity contribution in [2.75, 3.05) is 19.8 Å². The van der Waals surface area contributed by atoms with E-state index in [1.165, 1.54) is 0 Å². The summed E-state index contributed by atoms with van der Waals surface area (Å²) in [6.07, 6.45) is 5.45. The molecule has 0 radical (unpaired) electrons. The molecule has 5 rings (SSSR count). The van der Waals surface area contributed by atoms with Crippen molar-refractivity contribution in [1.82, 2.24) is 10.2 Å². The Kier molecular flexibility index (Phi) is 7.00. The highest BCUT2D eigenvalue weighted by Crippen LogP contribution is 2.35. The highest BCUT2D eigenvalue weighted by molar-refractivity contribution is 9.10. The summed E-state index contributed by atoms with van der Waals surface area (Å²) in [5, 5.41) is 3.04. The lowest BCUT2D eigenvalue weighted by molar-refractivity contribution is -0.152. The Morgan fingerprint density at radius 2 is 1.91 bits per heavy atom. The first kappa shape index (κ1) is 23.7. The predicted octanol–water partition coefficient (Wildman–Crippen LogP) is 4.61. The lowest BCUT2D eigenvalue weighted by Gasteiger charge is -2.44. The Balaban J connectivity index is 1.32. The van der Waals surface area contributed by atoms with E-state index in [1.807, 2.05) is 49.4 Å². The van der Waals surface area contributed by atoms with Gasteiger partial charge in [0.1, 0.15) is 25.9 Å². The number of hydrogen-bond donors (Lipinski definition) is 1. The van der Waals surface area contributed by atoms with Crippen LogP contribution in [0.4, 0.5) is 0 Å². The van der Waals surface area contributed by atoms with Gasteiger partial charge in [-0.25, -0.2) is 0 Å². The van der Waals surface area contributed by atoms with E-state index in [0.717, 1.165) is 41.3 Å². The van der Waals surface area contributed by atoms with Crippen molar-refractivity contribution >= 4 is 33.8 Å². The molecule has 7 nitrogen and oxygen atoms in total. The molecule has 3 atom stereocenters. The lowest BCUT2D eigenvalue weighted by atomic mass is 9.89. The van der Waals surface area contributed by atoms with Gasteiger partial charge in [0.25, 0.3) is 5.91 Å². The van der Waals surface area contributed by atoms with Crippen LogP contribution in [0.25, 0.3) is 6.08 Å². The predicted molar refractivity (Wildman–Crippen MR) is 135 cm³/mol. The fourth-order valence-electron chi connectivity index (χ4n) is 4.95. The second kappa shape index (κ2) is 10.3. The third-order valence-corrected chi connectivity index (χ3v) is 7.49. The minimum atomic E-state index is -0.244. The van der Waals surface area contributed by atoms with Gasteiger partial charge in [0.05, 0.1) is 12.1 Å². The fraction of sp³-hybridized carbons (Fsp3) is 0.407. The summed E-state index contributed by atoms with van der Waals surface area (Å²) in [4.78, 5) is 28.2. The molecule has 2 aromatic rings. The number of carbonyl (C=O) groups excluding carboxylic acids is 2. The van der Waals surface area contributed by atoms with E-state index in [0.29, 0.717) is 24.7 Å². The number of nitrogens with one attached hydrogen (secondary N) is 1. The van der Waals surface area contributed by atoms with Crippen LogP contribution in [0.3, 0.4) is 0 Å². The minimum absolute atomic E-state index is 0.00838. The Hall–Kier alpha value is -3.00. The Labute approximate surface area is 213 Å². The average molecular weight is 541 g/mol. The lowest BCUT2D eigenvalue weighted by Crippen LogP contribution is -2.57. The second-order valence-corrected chi connectivity index (χ2v) is 10.0. The Morgan fingerprint density at radius 3 is 2.74 bits per heavy atom. The Morgan fingerprint density at radius 1 is 1.14 bits per heavy atom. The smallest absolute Gasteiger partial charge is 0.289 e. The molecule has 3 aliphatic rings. The van der Waals surface area contributed by atoms with Crippen molar-refractivity contribution in [2.24, 2.45) is 0 Å². The first-order valence-electron chi connectivity index (χ1n) is 12.1. The summed E-state index contributed by atoms with van der Waals surface area (Å²) in [7, 11) is 0. The molecular formula is C27H29BrN2O5. The molecule has 1 aliphatic carbocycles. The van der Waals surface area contributed by atoms with E-state index in [2.05, 4.69) is 21.2 Å². The standard InChI is InChI=1S/C27H29BrN2O5/c1-17(18-10-11-23-24(14-18)34-13-12-33-23)29-26(31)16-30-21-8-4-5-9-22(21)35-25(27(30)32)15-19-6-2-3-7-20(19)28/h2-3,6-7,10-11,14-15,17,21-22H,4-5,8-9,12-13,16H2,1H3,(H,29,31)/b25-15+. The van der Waals surface area contributed by atoms with Gasteiger partial charge in [0.15, 0.2) is 17.3 Å². The summed E-state index contributed by atoms with van der Waals surface area (Å²) < 4.78 is 18.3. The number of fused-ring (bicyclic) bond motifs is 2. The normalized spacial score (nSPS) is 23.3. The number of rotatable bonds is 5. The van der Waals surface area contributed by atoms with Crippen LogP contribution in [0.15, 0.2) is 52.7 Å². The number of amides is 2. The van der Waals surface area contributed by atoms with Gasteiger partial charge < -0.3 is 24.4 Å². The van der Waals surface area contributed by atoms with Crippen LogP contribution >= 0.6 is 15.9 Å². The molecule has 2 aliphatic heterocycles. The van der Waals surface area contributed by atoms with Gasteiger partial charge in [0.2, 0.25) is 5.91 Å². The van der Waals surface area contributed by atoms with Crippen LogP contribution in [-0.4, -0.2) is 48.6 Å². The maximum atomic E-state index is 13.5. The van der Waals surface area contributed by atoms with Gasteiger partial charge in [-0.1, -0.05) is 46.6 Å². The topological polar surface area (TPSA) is 77.1 Å². The molecule has 2 fully saturated rings. The second-order valence-electron chi connectivity index (χ2n) is 9.16. The molecule has 35 heavy (non-hydrogen) atoms. The third kappa shape index (κ3) is 5.17. The maximum absolute atomic E-state index is 13.5. The van der Waals surface area contributed by atoms with Gasteiger partial charge in [-0.2, -0.15) is 0 Å². The van der Waals surface area contributed by atoms with Gasteiger partial charge in [-0.3, -0.25) is 9.59 Å². The quantitative estimate of drug-likeness (QED) is 0.560. The molecule has 184 valence electrons. The van der Waals surface area contributed by atoms with Crippen molar-refractivity contribution < 1.29 is 23.8 Å². The van der Waals surface area contributed by atoms with Crippen LogP contribution in [0.1, 0.15) is 49.8 Å². The molecular weight excluding hydrogens is 512 g/mol. The third-order valence-electron chi connectivity index (χ3n) is 6.77. The number of hydrogen-bond acceptors (Lipinski definition) is 5. The van der Waals surface area contributed by atoms with Gasteiger partial charge in [-0.05, 0) is 61.6 Å². The van der Waals surface area contributed by atoms with Crippen LogP contribution in [0, 0.1) is 0 Å². The van der Waals surface area contributed by atoms with Crippen molar-refractivity contribution in [2.45, 2.75) is 50.8 Å². The number of nitrogens with zero attached hydrogens (tertiary/aromatic N) is 1. The van der Waals surface area contributed by atoms with Gasteiger partial charge in [-0.15, -0.1) is 0 Å². The Bertz CT molecular complexity index is 1150. The van der Waals surface area contributed by atoms with Crippen molar-refractivity contribution in [3.05, 3.63) is 63.8 Å². The summed E-state index contributed by atoms with van der Waals surface area (Å²) >= 11 is 3.53. The van der Waals surface area contributed by atoms with Crippen molar-refractivity contribution in [3.63, 3.8) is 0 Å². The molecule has 3 unspecified atom stereocenters. The van der Waals surface area contributed by atoms with Gasteiger partial charge >= 0.3 is 0 Å². The monoisotopic (exact) mass is 540 g/mol. The van der Waals surface area contributed by atoms with Crippen molar-refractivity contribution in [1.29, 1.82) is 0 Å². The van der Waals surface area contributed by atoms with E-state index in [-0.39, 0.29) is 42.3 Å². The summed E-state index contributed by atoms with van der Waals surface area (Å²) in [5.41, 5.74) is 1.78.